The Kier molecular flexibility index (Phi) is 3.29. The van der Waals surface area contributed by atoms with E-state index in [0.717, 1.165) is 0 Å². The molecular formula is C14H8BrF2NO3. The molecule has 0 fully saturated rings. The number of halogens is 3. The Morgan fingerprint density at radius 3 is 2.67 bits per heavy atom. The smallest absolute Gasteiger partial charge is 0.387 e. The van der Waals surface area contributed by atoms with Crippen LogP contribution in [0.25, 0.3) is 21.7 Å². The molecule has 0 radical (unpaired) electrons. The van der Waals surface area contributed by atoms with Crippen molar-refractivity contribution < 1.29 is 17.9 Å². The number of alkyl halides is 2. The van der Waals surface area contributed by atoms with Crippen molar-refractivity contribution in [1.82, 2.24) is 0 Å². The molecule has 4 nitrogen and oxygen atoms in total. The van der Waals surface area contributed by atoms with E-state index in [1.165, 1.54) is 18.2 Å². The molecule has 3 aromatic rings. The zero-order valence-electron chi connectivity index (χ0n) is 10.4. The molecule has 0 saturated heterocycles. The topological polar surface area (TPSA) is 65.5 Å². The van der Waals surface area contributed by atoms with Gasteiger partial charge >= 0.3 is 12.2 Å². The maximum Gasteiger partial charge on any atom is 0.387 e. The maximum atomic E-state index is 12.5. The summed E-state index contributed by atoms with van der Waals surface area (Å²) in [6, 6.07) is 7.52. The van der Waals surface area contributed by atoms with E-state index in [1.807, 2.05) is 0 Å². The molecule has 7 heteroatoms. The molecule has 3 rings (SSSR count). The number of rotatable bonds is 2. The molecule has 0 aliphatic heterocycles. The lowest BCUT2D eigenvalue weighted by Crippen LogP contribution is -2.05. The molecule has 0 saturated carbocycles. The number of hydrogen-bond donors (Lipinski definition) is 1. The van der Waals surface area contributed by atoms with Crippen molar-refractivity contribution in [2.45, 2.75) is 6.61 Å². The molecule has 0 aliphatic rings. The average Bonchev–Trinajstić information content (AvgIpc) is 2.41. The Morgan fingerprint density at radius 2 is 1.95 bits per heavy atom. The van der Waals surface area contributed by atoms with Crippen molar-refractivity contribution in [2.75, 3.05) is 5.73 Å². The summed E-state index contributed by atoms with van der Waals surface area (Å²) in [7, 11) is 0. The fourth-order valence-electron chi connectivity index (χ4n) is 2.21. The van der Waals surface area contributed by atoms with Crippen LogP contribution < -0.4 is 16.1 Å². The third-order valence-electron chi connectivity index (χ3n) is 3.05. The van der Waals surface area contributed by atoms with Crippen LogP contribution in [-0.2, 0) is 0 Å². The quantitative estimate of drug-likeness (QED) is 0.430. The molecular weight excluding hydrogens is 348 g/mol. The second kappa shape index (κ2) is 5.00. The fourth-order valence-corrected chi connectivity index (χ4v) is 2.71. The molecule has 0 amide bonds. The van der Waals surface area contributed by atoms with Gasteiger partial charge in [-0.25, -0.2) is 4.79 Å². The van der Waals surface area contributed by atoms with Gasteiger partial charge in [-0.1, -0.05) is 12.1 Å². The van der Waals surface area contributed by atoms with Crippen LogP contribution in [0.1, 0.15) is 0 Å². The fraction of sp³-hybridized carbons (Fsp3) is 0.0714. The highest BCUT2D eigenvalue weighted by atomic mass is 79.9. The number of anilines is 1. The summed E-state index contributed by atoms with van der Waals surface area (Å²) >= 11 is 3.22. The minimum atomic E-state index is -2.98. The van der Waals surface area contributed by atoms with Gasteiger partial charge in [0.1, 0.15) is 11.3 Å². The molecule has 21 heavy (non-hydrogen) atoms. The molecule has 0 spiro atoms. The molecule has 0 aliphatic carbocycles. The van der Waals surface area contributed by atoms with Crippen LogP contribution >= 0.6 is 15.9 Å². The first kappa shape index (κ1) is 13.8. The van der Waals surface area contributed by atoms with E-state index < -0.39 is 12.2 Å². The van der Waals surface area contributed by atoms with E-state index in [9.17, 15) is 13.6 Å². The van der Waals surface area contributed by atoms with Gasteiger partial charge in [0.2, 0.25) is 0 Å². The Bertz CT molecular complexity index is 908. The highest BCUT2D eigenvalue weighted by Crippen LogP contribution is 2.36. The molecule has 2 N–H and O–H groups in total. The van der Waals surface area contributed by atoms with Crippen LogP contribution in [0.5, 0.6) is 5.75 Å². The maximum absolute atomic E-state index is 12.5. The zero-order valence-corrected chi connectivity index (χ0v) is 12.0. The van der Waals surface area contributed by atoms with Crippen LogP contribution in [0, 0.1) is 0 Å². The molecule has 0 unspecified atom stereocenters. The van der Waals surface area contributed by atoms with Crippen molar-refractivity contribution in [1.29, 1.82) is 0 Å². The predicted molar refractivity (Wildman–Crippen MR) is 78.7 cm³/mol. The summed E-state index contributed by atoms with van der Waals surface area (Å²) in [4.78, 5) is 12.1. The van der Waals surface area contributed by atoms with Gasteiger partial charge in [0.25, 0.3) is 0 Å². The van der Waals surface area contributed by atoms with Crippen molar-refractivity contribution in [3.8, 4) is 5.75 Å². The number of hydrogen-bond acceptors (Lipinski definition) is 4. The van der Waals surface area contributed by atoms with Gasteiger partial charge in [-0.15, -0.1) is 0 Å². The Morgan fingerprint density at radius 1 is 1.19 bits per heavy atom. The lowest BCUT2D eigenvalue weighted by atomic mass is 10.1. The van der Waals surface area contributed by atoms with Gasteiger partial charge in [0.05, 0.1) is 15.2 Å². The van der Waals surface area contributed by atoms with E-state index in [0.29, 0.717) is 20.9 Å². The van der Waals surface area contributed by atoms with Gasteiger partial charge in [0.15, 0.2) is 0 Å². The Balaban J connectivity index is 2.52. The van der Waals surface area contributed by atoms with E-state index in [2.05, 4.69) is 20.7 Å². The van der Waals surface area contributed by atoms with Gasteiger partial charge < -0.3 is 14.9 Å². The van der Waals surface area contributed by atoms with Crippen molar-refractivity contribution in [2.24, 2.45) is 0 Å². The number of benzene rings is 2. The van der Waals surface area contributed by atoms with Crippen LogP contribution in [0.3, 0.4) is 0 Å². The SMILES string of the molecule is Nc1ccc2c(c1Br)c(=O)oc1cccc(OC(F)F)c12. The van der Waals surface area contributed by atoms with Crippen LogP contribution in [-0.4, -0.2) is 6.61 Å². The number of ether oxygens (including phenoxy) is 1. The monoisotopic (exact) mass is 355 g/mol. The van der Waals surface area contributed by atoms with Crippen LogP contribution in [0.4, 0.5) is 14.5 Å². The Labute approximate surface area is 125 Å². The largest absolute Gasteiger partial charge is 0.434 e. The summed E-state index contributed by atoms with van der Waals surface area (Å²) in [6.07, 6.45) is 0. The van der Waals surface area contributed by atoms with E-state index in [1.54, 1.807) is 12.1 Å². The molecule has 1 heterocycles. The summed E-state index contributed by atoms with van der Waals surface area (Å²) in [5.41, 5.74) is 5.65. The van der Waals surface area contributed by atoms with Gasteiger partial charge in [-0.05, 0) is 34.1 Å². The normalized spacial score (nSPS) is 11.4. The third kappa shape index (κ3) is 2.23. The molecule has 0 atom stereocenters. The molecule has 0 bridgehead atoms. The highest BCUT2D eigenvalue weighted by Gasteiger charge is 2.17. The Hall–Kier alpha value is -2.15. The molecule has 2 aromatic carbocycles. The molecule has 108 valence electrons. The standard InChI is InChI=1S/C14H8BrF2NO3/c15-12-7(18)5-4-6-10-8(20-13(19)11(6)12)2-1-3-9(10)21-14(16)17/h1-5,14H,18H2. The summed E-state index contributed by atoms with van der Waals surface area (Å²) in [6.45, 7) is -2.98. The van der Waals surface area contributed by atoms with E-state index in [-0.39, 0.29) is 16.7 Å². The summed E-state index contributed by atoms with van der Waals surface area (Å²) < 4.78 is 35.1. The second-order valence-electron chi connectivity index (χ2n) is 4.29. The van der Waals surface area contributed by atoms with Gasteiger partial charge in [0, 0.05) is 11.1 Å². The first-order valence-corrected chi connectivity index (χ1v) is 6.66. The first-order valence-electron chi connectivity index (χ1n) is 5.87. The minimum absolute atomic E-state index is 0.0621. The average molecular weight is 356 g/mol. The first-order chi connectivity index (χ1) is 9.99. The van der Waals surface area contributed by atoms with Gasteiger partial charge in [-0.3, -0.25) is 0 Å². The number of fused-ring (bicyclic) bond motifs is 3. The number of nitrogen functional groups attached to an aromatic ring is 1. The molecule has 1 aromatic heterocycles. The van der Waals surface area contributed by atoms with E-state index in [4.69, 9.17) is 10.2 Å². The lowest BCUT2D eigenvalue weighted by molar-refractivity contribution is -0.0487. The summed E-state index contributed by atoms with van der Waals surface area (Å²) in [5.74, 6) is -0.0621. The third-order valence-corrected chi connectivity index (χ3v) is 3.91. The lowest BCUT2D eigenvalue weighted by Gasteiger charge is -2.10. The van der Waals surface area contributed by atoms with Crippen LogP contribution in [0.15, 0.2) is 44.0 Å². The van der Waals surface area contributed by atoms with Crippen molar-refractivity contribution in [3.63, 3.8) is 0 Å². The second-order valence-corrected chi connectivity index (χ2v) is 5.08. The predicted octanol–water partition coefficient (Wildman–Crippen LogP) is 3.89. The van der Waals surface area contributed by atoms with E-state index >= 15 is 0 Å². The van der Waals surface area contributed by atoms with Crippen LogP contribution in [0.2, 0.25) is 0 Å². The van der Waals surface area contributed by atoms with Gasteiger partial charge in [-0.2, -0.15) is 8.78 Å². The van der Waals surface area contributed by atoms with Crippen molar-refractivity contribution in [3.05, 3.63) is 45.2 Å². The highest BCUT2D eigenvalue weighted by molar-refractivity contribution is 9.10. The minimum Gasteiger partial charge on any atom is -0.434 e. The summed E-state index contributed by atoms with van der Waals surface area (Å²) in [5, 5.41) is 0.916. The van der Waals surface area contributed by atoms with Crippen molar-refractivity contribution >= 4 is 43.4 Å². The number of nitrogens with two attached hydrogens (primary N) is 1. The zero-order chi connectivity index (χ0) is 15.1.